The third-order valence-electron chi connectivity index (χ3n) is 1.65. The number of rotatable bonds is 3. The molecule has 0 bridgehead atoms. The van der Waals surface area contributed by atoms with Gasteiger partial charge in [0.2, 0.25) is 5.91 Å². The molecule has 0 unspecified atom stereocenters. The smallest absolute Gasteiger partial charge is 0.242 e. The fourth-order valence-corrected chi connectivity index (χ4v) is 0.958. The number of aryl methyl sites for hydroxylation is 1. The van der Waals surface area contributed by atoms with Crippen LogP contribution < -0.4 is 11.1 Å². The minimum absolute atomic E-state index is 0.00850. The number of carbonyl (C=O) groups is 1. The van der Waals surface area contributed by atoms with E-state index >= 15 is 0 Å². The number of aromatic nitrogens is 2. The zero-order valence-electron chi connectivity index (χ0n) is 7.82. The van der Waals surface area contributed by atoms with Gasteiger partial charge in [0.15, 0.2) is 0 Å². The zero-order chi connectivity index (χ0) is 10.6. The number of hydrogen-bond acceptors (Lipinski definition) is 4. The van der Waals surface area contributed by atoms with Gasteiger partial charge in [-0.25, -0.2) is 0 Å². The molecule has 6 nitrogen and oxygen atoms in total. The molecule has 74 valence electrons. The van der Waals surface area contributed by atoms with Crippen LogP contribution in [0.25, 0.3) is 0 Å². The van der Waals surface area contributed by atoms with Crippen LogP contribution in [-0.4, -0.2) is 22.2 Å². The fraction of sp³-hybridized carbons (Fsp3) is 0.375. The number of anilines is 1. The van der Waals surface area contributed by atoms with Gasteiger partial charge in [-0.15, -0.1) is 0 Å². The van der Waals surface area contributed by atoms with E-state index in [0.29, 0.717) is 5.82 Å². The second-order valence-electron chi connectivity index (χ2n) is 2.83. The first-order valence-corrected chi connectivity index (χ1v) is 4.06. The summed E-state index contributed by atoms with van der Waals surface area (Å²) >= 11 is 0. The van der Waals surface area contributed by atoms with E-state index in [4.69, 9.17) is 11.0 Å². The Hall–Kier alpha value is -2.03. The van der Waals surface area contributed by atoms with E-state index < -0.39 is 0 Å². The molecule has 1 rings (SSSR count). The molecule has 1 amide bonds. The summed E-state index contributed by atoms with van der Waals surface area (Å²) in [6.07, 6.45) is 1.68. The Kier molecular flexibility index (Phi) is 3.07. The molecule has 1 heterocycles. The van der Waals surface area contributed by atoms with Gasteiger partial charge in [0.05, 0.1) is 6.07 Å². The summed E-state index contributed by atoms with van der Waals surface area (Å²) in [7, 11) is 0. The lowest BCUT2D eigenvalue weighted by atomic mass is 10.4. The molecular weight excluding hydrogens is 182 g/mol. The third kappa shape index (κ3) is 2.48. The number of nitrogens with one attached hydrogen (secondary N) is 1. The van der Waals surface area contributed by atoms with Gasteiger partial charge in [-0.05, 0) is 6.92 Å². The average Bonchev–Trinajstić information content (AvgIpc) is 2.42. The Bertz CT molecular complexity index is 356. The molecule has 1 aromatic heterocycles. The number of carbonyl (C=O) groups excluding carboxylic acids is 1. The highest BCUT2D eigenvalue weighted by Gasteiger charge is 2.05. The van der Waals surface area contributed by atoms with Crippen molar-refractivity contribution in [2.45, 2.75) is 13.5 Å². The molecule has 3 N–H and O–H groups in total. The SMILES string of the molecule is Cc1cn(CC(=O)NCC#N)nc1N. The maximum Gasteiger partial charge on any atom is 0.242 e. The monoisotopic (exact) mass is 193 g/mol. The highest BCUT2D eigenvalue weighted by atomic mass is 16.2. The summed E-state index contributed by atoms with van der Waals surface area (Å²) < 4.78 is 1.44. The third-order valence-corrected chi connectivity index (χ3v) is 1.65. The van der Waals surface area contributed by atoms with Gasteiger partial charge in [-0.3, -0.25) is 9.48 Å². The van der Waals surface area contributed by atoms with E-state index in [-0.39, 0.29) is 19.0 Å². The average molecular weight is 193 g/mol. The van der Waals surface area contributed by atoms with Crippen molar-refractivity contribution in [1.29, 1.82) is 5.26 Å². The van der Waals surface area contributed by atoms with E-state index in [0.717, 1.165) is 5.56 Å². The second kappa shape index (κ2) is 4.28. The molecule has 1 aromatic rings. The molecule has 0 radical (unpaired) electrons. The molecule has 0 atom stereocenters. The number of hydrogen-bond donors (Lipinski definition) is 2. The first kappa shape index (κ1) is 10.1. The molecule has 0 aromatic carbocycles. The van der Waals surface area contributed by atoms with Crippen molar-refractivity contribution in [3.05, 3.63) is 11.8 Å². The number of nitrogen functional groups attached to an aromatic ring is 1. The lowest BCUT2D eigenvalue weighted by molar-refractivity contribution is -0.121. The Morgan fingerprint density at radius 3 is 3.07 bits per heavy atom. The minimum atomic E-state index is -0.256. The Balaban J connectivity index is 2.53. The van der Waals surface area contributed by atoms with Crippen molar-refractivity contribution in [3.8, 4) is 6.07 Å². The summed E-state index contributed by atoms with van der Waals surface area (Å²) in [6, 6.07) is 1.81. The molecule has 0 aliphatic carbocycles. The van der Waals surface area contributed by atoms with Gasteiger partial charge in [-0.2, -0.15) is 10.4 Å². The second-order valence-corrected chi connectivity index (χ2v) is 2.83. The molecule has 0 spiro atoms. The quantitative estimate of drug-likeness (QED) is 0.627. The van der Waals surface area contributed by atoms with Crippen LogP contribution in [0.3, 0.4) is 0 Å². The molecule has 0 saturated carbocycles. The van der Waals surface area contributed by atoms with Gasteiger partial charge < -0.3 is 11.1 Å². The summed E-state index contributed by atoms with van der Waals surface area (Å²) in [5, 5.41) is 14.5. The molecule has 0 aliphatic heterocycles. The van der Waals surface area contributed by atoms with E-state index in [9.17, 15) is 4.79 Å². The normalized spacial score (nSPS) is 9.43. The van der Waals surface area contributed by atoms with Crippen molar-refractivity contribution in [3.63, 3.8) is 0 Å². The van der Waals surface area contributed by atoms with Crippen LogP contribution in [0.4, 0.5) is 5.82 Å². The number of amides is 1. The largest absolute Gasteiger partial charge is 0.382 e. The fourth-order valence-electron chi connectivity index (χ4n) is 0.958. The van der Waals surface area contributed by atoms with Gasteiger partial charge in [0.1, 0.15) is 18.9 Å². The van der Waals surface area contributed by atoms with Crippen molar-refractivity contribution in [2.75, 3.05) is 12.3 Å². The number of nitrogens with two attached hydrogens (primary N) is 1. The number of nitrogens with zero attached hydrogens (tertiary/aromatic N) is 3. The van der Waals surface area contributed by atoms with Gasteiger partial charge >= 0.3 is 0 Å². The van der Waals surface area contributed by atoms with Crippen molar-refractivity contribution in [2.24, 2.45) is 0 Å². The summed E-state index contributed by atoms with van der Waals surface area (Å²) in [6.45, 7) is 1.90. The molecular formula is C8H11N5O. The van der Waals surface area contributed by atoms with Crippen LogP contribution in [-0.2, 0) is 11.3 Å². The van der Waals surface area contributed by atoms with E-state index in [1.807, 2.05) is 13.0 Å². The van der Waals surface area contributed by atoms with Crippen LogP contribution in [0, 0.1) is 18.3 Å². The zero-order valence-corrected chi connectivity index (χ0v) is 7.82. The minimum Gasteiger partial charge on any atom is -0.382 e. The first-order chi connectivity index (χ1) is 6.63. The standard InChI is InChI=1S/C8H11N5O/c1-6-4-13(12-8(6)10)5-7(14)11-3-2-9/h4H,3,5H2,1H3,(H2,10,12)(H,11,14). The van der Waals surface area contributed by atoms with Gasteiger partial charge in [0, 0.05) is 11.8 Å². The van der Waals surface area contributed by atoms with Crippen molar-refractivity contribution >= 4 is 11.7 Å². The van der Waals surface area contributed by atoms with Crippen LogP contribution in [0.1, 0.15) is 5.56 Å². The molecule has 0 fully saturated rings. The molecule has 14 heavy (non-hydrogen) atoms. The summed E-state index contributed by atoms with van der Waals surface area (Å²) in [5.74, 6) is 0.159. The van der Waals surface area contributed by atoms with E-state index in [1.165, 1.54) is 4.68 Å². The maximum absolute atomic E-state index is 11.1. The Labute approximate surface area is 81.3 Å². The Morgan fingerprint density at radius 1 is 1.86 bits per heavy atom. The van der Waals surface area contributed by atoms with Gasteiger partial charge in [0.25, 0.3) is 0 Å². The van der Waals surface area contributed by atoms with Crippen LogP contribution in [0.2, 0.25) is 0 Å². The maximum atomic E-state index is 11.1. The molecule has 0 saturated heterocycles. The van der Waals surface area contributed by atoms with E-state index in [2.05, 4.69) is 10.4 Å². The predicted octanol–water partition coefficient (Wildman–Crippen LogP) is -0.586. The summed E-state index contributed by atoms with van der Waals surface area (Å²) in [4.78, 5) is 11.1. The predicted molar refractivity (Wildman–Crippen MR) is 50.0 cm³/mol. The topological polar surface area (TPSA) is 96.7 Å². The molecule has 6 heteroatoms. The van der Waals surface area contributed by atoms with E-state index in [1.54, 1.807) is 6.20 Å². The highest BCUT2D eigenvalue weighted by molar-refractivity contribution is 5.75. The van der Waals surface area contributed by atoms with Crippen molar-refractivity contribution < 1.29 is 4.79 Å². The number of nitriles is 1. The lowest BCUT2D eigenvalue weighted by Crippen LogP contribution is -2.27. The van der Waals surface area contributed by atoms with Crippen LogP contribution in [0.5, 0.6) is 0 Å². The summed E-state index contributed by atoms with van der Waals surface area (Å²) in [5.41, 5.74) is 6.33. The van der Waals surface area contributed by atoms with Crippen molar-refractivity contribution in [1.82, 2.24) is 15.1 Å². The van der Waals surface area contributed by atoms with Crippen LogP contribution in [0.15, 0.2) is 6.20 Å². The Morgan fingerprint density at radius 2 is 2.57 bits per heavy atom. The highest BCUT2D eigenvalue weighted by Crippen LogP contribution is 2.05. The first-order valence-electron chi connectivity index (χ1n) is 4.06. The van der Waals surface area contributed by atoms with Gasteiger partial charge in [-0.1, -0.05) is 0 Å². The molecule has 0 aliphatic rings. The lowest BCUT2D eigenvalue weighted by Gasteiger charge is -2.00. The van der Waals surface area contributed by atoms with Crippen LogP contribution >= 0.6 is 0 Å².